The van der Waals surface area contributed by atoms with Gasteiger partial charge in [0, 0.05) is 18.1 Å². The van der Waals surface area contributed by atoms with Crippen LogP contribution >= 0.6 is 0 Å². The van der Waals surface area contributed by atoms with E-state index in [2.05, 4.69) is 17.5 Å². The highest BCUT2D eigenvalue weighted by Crippen LogP contribution is 2.38. The Morgan fingerprint density at radius 1 is 1.22 bits per heavy atom. The van der Waals surface area contributed by atoms with Gasteiger partial charge in [0.15, 0.2) is 5.75 Å². The number of nitrogens with one attached hydrogen (secondary N) is 1. The summed E-state index contributed by atoms with van der Waals surface area (Å²) in [7, 11) is 1.43. The summed E-state index contributed by atoms with van der Waals surface area (Å²) in [4.78, 5) is 22.5. The van der Waals surface area contributed by atoms with E-state index in [1.807, 2.05) is 6.92 Å². The molecule has 0 saturated carbocycles. The highest BCUT2D eigenvalue weighted by atomic mass is 16.6. The van der Waals surface area contributed by atoms with E-state index in [0.717, 1.165) is 38.5 Å². The molecule has 1 rings (SSSR count). The van der Waals surface area contributed by atoms with Crippen LogP contribution in [0.2, 0.25) is 0 Å². The van der Waals surface area contributed by atoms with Crippen LogP contribution in [0.4, 0.5) is 5.69 Å². The molecule has 0 aliphatic carbocycles. The topological polar surface area (TPSA) is 103 Å². The van der Waals surface area contributed by atoms with E-state index < -0.39 is 4.92 Å². The van der Waals surface area contributed by atoms with E-state index in [4.69, 9.17) is 9.47 Å². The first-order valence-corrected chi connectivity index (χ1v) is 9.34. The molecular formula is C19H29N3O5. The molecule has 0 spiro atoms. The minimum Gasteiger partial charge on any atom is -0.493 e. The molecule has 8 heteroatoms. The number of nitrogens with zero attached hydrogens (tertiary/aromatic N) is 2. The highest BCUT2D eigenvalue weighted by Gasteiger charge is 2.22. The largest absolute Gasteiger partial charge is 0.493 e. The van der Waals surface area contributed by atoms with Crippen LogP contribution in [-0.2, 0) is 4.79 Å². The van der Waals surface area contributed by atoms with Gasteiger partial charge in [0.25, 0.3) is 0 Å². The lowest BCUT2D eigenvalue weighted by atomic mass is 10.1. The predicted molar refractivity (Wildman–Crippen MR) is 105 cm³/mol. The first-order chi connectivity index (χ1) is 13.0. The van der Waals surface area contributed by atoms with Crippen molar-refractivity contribution in [2.75, 3.05) is 13.7 Å². The molecule has 8 nitrogen and oxygen atoms in total. The zero-order chi connectivity index (χ0) is 20.1. The van der Waals surface area contributed by atoms with Crippen molar-refractivity contribution in [2.45, 2.75) is 58.8 Å². The van der Waals surface area contributed by atoms with Crippen LogP contribution in [0.1, 0.15) is 64.4 Å². The quantitative estimate of drug-likeness (QED) is 0.239. The van der Waals surface area contributed by atoms with Crippen molar-refractivity contribution in [3.8, 4) is 11.5 Å². The summed E-state index contributed by atoms with van der Waals surface area (Å²) < 4.78 is 10.9. The average molecular weight is 379 g/mol. The van der Waals surface area contributed by atoms with Gasteiger partial charge in [-0.2, -0.15) is 5.10 Å². The molecule has 0 aromatic heterocycles. The molecule has 1 N–H and O–H groups in total. The maximum Gasteiger partial charge on any atom is 0.315 e. The SMILES string of the molecule is CCCCCCOc1c(OC)cc(/C=N/NC(=O)CCCC)cc1[N+](=O)[O-]. The van der Waals surface area contributed by atoms with Crippen LogP contribution in [-0.4, -0.2) is 30.8 Å². The monoisotopic (exact) mass is 379 g/mol. The number of carbonyl (C=O) groups excluding carboxylic acids is 1. The van der Waals surface area contributed by atoms with E-state index in [1.54, 1.807) is 6.07 Å². The highest BCUT2D eigenvalue weighted by molar-refractivity contribution is 5.85. The Bertz CT molecular complexity index is 646. The number of nitro groups is 1. The number of benzene rings is 1. The van der Waals surface area contributed by atoms with E-state index >= 15 is 0 Å². The van der Waals surface area contributed by atoms with Gasteiger partial charge in [-0.1, -0.05) is 39.5 Å². The minimum atomic E-state index is -0.513. The maximum absolute atomic E-state index is 11.6. The maximum atomic E-state index is 11.6. The van der Waals surface area contributed by atoms with Crippen LogP contribution in [0.15, 0.2) is 17.2 Å². The summed E-state index contributed by atoms with van der Waals surface area (Å²) >= 11 is 0. The Hall–Kier alpha value is -2.64. The number of hydrogen-bond acceptors (Lipinski definition) is 6. The zero-order valence-electron chi connectivity index (χ0n) is 16.3. The third-order valence-corrected chi connectivity index (χ3v) is 3.88. The fourth-order valence-electron chi connectivity index (χ4n) is 2.39. The average Bonchev–Trinajstić information content (AvgIpc) is 2.66. The Balaban J connectivity index is 2.88. The summed E-state index contributed by atoms with van der Waals surface area (Å²) in [5.74, 6) is 0.183. The first-order valence-electron chi connectivity index (χ1n) is 9.34. The normalized spacial score (nSPS) is 10.8. The van der Waals surface area contributed by atoms with Gasteiger partial charge in [0.05, 0.1) is 24.9 Å². The number of rotatable bonds is 13. The molecule has 1 amide bonds. The summed E-state index contributed by atoms with van der Waals surface area (Å²) in [6.45, 7) is 4.49. The minimum absolute atomic E-state index is 0.114. The Labute approximate surface area is 160 Å². The number of hydrogen-bond donors (Lipinski definition) is 1. The van der Waals surface area contributed by atoms with Crippen LogP contribution in [0.25, 0.3) is 0 Å². The number of ether oxygens (including phenoxy) is 2. The molecule has 150 valence electrons. The summed E-state index contributed by atoms with van der Waals surface area (Å²) in [6.07, 6.45) is 7.47. The number of amides is 1. The van der Waals surface area contributed by atoms with Gasteiger partial charge in [-0.3, -0.25) is 14.9 Å². The van der Waals surface area contributed by atoms with Crippen LogP contribution in [0.5, 0.6) is 11.5 Å². The number of nitro benzene ring substituents is 1. The van der Waals surface area contributed by atoms with Crippen LogP contribution in [0, 0.1) is 10.1 Å². The molecular weight excluding hydrogens is 350 g/mol. The lowest BCUT2D eigenvalue weighted by molar-refractivity contribution is -0.386. The second kappa shape index (κ2) is 12.7. The molecule has 1 aromatic rings. The van der Waals surface area contributed by atoms with Crippen LogP contribution < -0.4 is 14.9 Å². The summed E-state index contributed by atoms with van der Waals surface area (Å²) in [6, 6.07) is 2.95. The Morgan fingerprint density at radius 3 is 2.59 bits per heavy atom. The molecule has 0 radical (unpaired) electrons. The van der Waals surface area contributed by atoms with Crippen LogP contribution in [0.3, 0.4) is 0 Å². The van der Waals surface area contributed by atoms with Crippen molar-refractivity contribution in [3.05, 3.63) is 27.8 Å². The third-order valence-electron chi connectivity index (χ3n) is 3.88. The summed E-state index contributed by atoms with van der Waals surface area (Å²) in [5.41, 5.74) is 2.66. The standard InChI is InChI=1S/C19H29N3O5/c1-4-6-8-9-11-27-19-16(22(24)25)12-15(13-17(19)26-3)14-20-21-18(23)10-7-5-2/h12-14H,4-11H2,1-3H3,(H,21,23)/b20-14+. The lowest BCUT2D eigenvalue weighted by Gasteiger charge is -2.12. The number of unbranched alkanes of at least 4 members (excludes halogenated alkanes) is 4. The molecule has 0 aliphatic rings. The van der Waals surface area contributed by atoms with Gasteiger partial charge in [0.1, 0.15) is 0 Å². The molecule has 0 atom stereocenters. The molecule has 0 fully saturated rings. The Morgan fingerprint density at radius 2 is 1.96 bits per heavy atom. The predicted octanol–water partition coefficient (Wildman–Crippen LogP) is 4.20. The van der Waals surface area contributed by atoms with Crippen molar-refractivity contribution in [1.29, 1.82) is 0 Å². The second-order valence-electron chi connectivity index (χ2n) is 6.13. The zero-order valence-corrected chi connectivity index (χ0v) is 16.3. The van der Waals surface area contributed by atoms with Gasteiger partial charge < -0.3 is 9.47 Å². The first kappa shape index (κ1) is 22.4. The number of hydrazone groups is 1. The van der Waals surface area contributed by atoms with Gasteiger partial charge >= 0.3 is 5.69 Å². The lowest BCUT2D eigenvalue weighted by Crippen LogP contribution is -2.16. The van der Waals surface area contributed by atoms with E-state index in [-0.39, 0.29) is 23.1 Å². The molecule has 0 bridgehead atoms. The molecule has 27 heavy (non-hydrogen) atoms. The van der Waals surface area contributed by atoms with Gasteiger partial charge in [-0.05, 0) is 18.9 Å². The number of methoxy groups -OCH3 is 1. The van der Waals surface area contributed by atoms with E-state index in [1.165, 1.54) is 19.4 Å². The van der Waals surface area contributed by atoms with Crippen molar-refractivity contribution in [1.82, 2.24) is 5.43 Å². The van der Waals surface area contributed by atoms with E-state index in [0.29, 0.717) is 18.6 Å². The van der Waals surface area contributed by atoms with Crippen molar-refractivity contribution >= 4 is 17.8 Å². The molecule has 0 heterocycles. The summed E-state index contributed by atoms with van der Waals surface area (Å²) in [5, 5.41) is 15.3. The third kappa shape index (κ3) is 8.06. The fraction of sp³-hybridized carbons (Fsp3) is 0.579. The fourth-order valence-corrected chi connectivity index (χ4v) is 2.39. The second-order valence-corrected chi connectivity index (χ2v) is 6.13. The number of carbonyl (C=O) groups is 1. The smallest absolute Gasteiger partial charge is 0.315 e. The molecule has 0 saturated heterocycles. The van der Waals surface area contributed by atoms with Gasteiger partial charge in [-0.15, -0.1) is 0 Å². The van der Waals surface area contributed by atoms with E-state index in [9.17, 15) is 14.9 Å². The van der Waals surface area contributed by atoms with Crippen molar-refractivity contribution in [2.24, 2.45) is 5.10 Å². The van der Waals surface area contributed by atoms with Crippen molar-refractivity contribution in [3.63, 3.8) is 0 Å². The molecule has 1 aromatic carbocycles. The van der Waals surface area contributed by atoms with Gasteiger partial charge in [-0.25, -0.2) is 5.43 Å². The molecule has 0 aliphatic heterocycles. The van der Waals surface area contributed by atoms with Crippen molar-refractivity contribution < 1.29 is 19.2 Å². The van der Waals surface area contributed by atoms with Gasteiger partial charge in [0.2, 0.25) is 11.7 Å². The Kier molecular flexibility index (Phi) is 10.5. The molecule has 0 unspecified atom stereocenters.